The van der Waals surface area contributed by atoms with Gasteiger partial charge in [0.05, 0.1) is 18.5 Å². The highest BCUT2D eigenvalue weighted by molar-refractivity contribution is 6.05. The molecule has 3 heterocycles. The van der Waals surface area contributed by atoms with E-state index in [9.17, 15) is 9.59 Å². The van der Waals surface area contributed by atoms with E-state index in [1.807, 2.05) is 20.8 Å². The van der Waals surface area contributed by atoms with E-state index in [0.717, 1.165) is 0 Å². The molecule has 10 heteroatoms. The van der Waals surface area contributed by atoms with Crippen LogP contribution < -0.4 is 5.73 Å². The molecular formula is C16H22N6O4. The third kappa shape index (κ3) is 3.26. The van der Waals surface area contributed by atoms with Crippen LogP contribution in [0.25, 0.3) is 11.0 Å². The van der Waals surface area contributed by atoms with Crippen LogP contribution in [-0.2, 0) is 9.47 Å². The third-order valence-electron chi connectivity index (χ3n) is 4.06. The van der Waals surface area contributed by atoms with E-state index in [-0.39, 0.29) is 23.6 Å². The maximum atomic E-state index is 12.3. The van der Waals surface area contributed by atoms with Crippen molar-refractivity contribution in [2.24, 2.45) is 0 Å². The molecule has 140 valence electrons. The first-order chi connectivity index (χ1) is 12.2. The molecule has 3 rings (SSSR count). The highest BCUT2D eigenvalue weighted by Crippen LogP contribution is 2.29. The summed E-state index contributed by atoms with van der Waals surface area (Å²) >= 11 is 0. The van der Waals surface area contributed by atoms with Crippen molar-refractivity contribution in [3.05, 3.63) is 12.0 Å². The quantitative estimate of drug-likeness (QED) is 0.794. The van der Waals surface area contributed by atoms with Gasteiger partial charge in [-0.3, -0.25) is 0 Å². The van der Waals surface area contributed by atoms with Crippen LogP contribution in [0.4, 0.5) is 10.6 Å². The summed E-state index contributed by atoms with van der Waals surface area (Å²) in [5.41, 5.74) is 5.85. The van der Waals surface area contributed by atoms with Crippen molar-refractivity contribution in [2.45, 2.75) is 38.8 Å². The molecule has 0 bridgehead atoms. The SMILES string of the molecule is COC(=O)c1nn([C@H]2CCN(C(=O)OC(C)(C)C)C2)c2ncnc(N)c12. The van der Waals surface area contributed by atoms with Crippen LogP contribution >= 0.6 is 0 Å². The van der Waals surface area contributed by atoms with Crippen molar-refractivity contribution in [3.8, 4) is 0 Å². The third-order valence-corrected chi connectivity index (χ3v) is 4.06. The largest absolute Gasteiger partial charge is 0.464 e. The van der Waals surface area contributed by atoms with Gasteiger partial charge in [-0.25, -0.2) is 24.2 Å². The molecule has 2 aromatic heterocycles. The summed E-state index contributed by atoms with van der Waals surface area (Å²) in [7, 11) is 1.27. The molecule has 0 spiro atoms. The molecule has 0 saturated carbocycles. The minimum atomic E-state index is -0.614. The Morgan fingerprint density at radius 3 is 2.69 bits per heavy atom. The lowest BCUT2D eigenvalue weighted by molar-refractivity contribution is 0.0288. The van der Waals surface area contributed by atoms with E-state index in [1.165, 1.54) is 13.4 Å². The number of esters is 1. The Balaban J connectivity index is 1.91. The smallest absolute Gasteiger partial charge is 0.410 e. The molecule has 2 N–H and O–H groups in total. The van der Waals surface area contributed by atoms with Gasteiger partial charge in [0.1, 0.15) is 17.7 Å². The monoisotopic (exact) mass is 362 g/mol. The first-order valence-corrected chi connectivity index (χ1v) is 8.26. The first kappa shape index (κ1) is 17.9. The zero-order valence-electron chi connectivity index (χ0n) is 15.2. The Morgan fingerprint density at radius 2 is 2.04 bits per heavy atom. The Hall–Kier alpha value is -2.91. The summed E-state index contributed by atoms with van der Waals surface area (Å²) in [6.45, 7) is 6.39. The summed E-state index contributed by atoms with van der Waals surface area (Å²) in [6, 6.07) is -0.155. The van der Waals surface area contributed by atoms with Crippen molar-refractivity contribution in [2.75, 3.05) is 25.9 Å². The second-order valence-electron chi connectivity index (χ2n) is 7.11. The molecule has 1 fully saturated rings. The number of carbonyl (C=O) groups is 2. The lowest BCUT2D eigenvalue weighted by Gasteiger charge is -2.24. The second kappa shape index (κ2) is 6.43. The average molecular weight is 362 g/mol. The molecular weight excluding hydrogens is 340 g/mol. The highest BCUT2D eigenvalue weighted by atomic mass is 16.6. The lowest BCUT2D eigenvalue weighted by atomic mass is 10.2. The minimum absolute atomic E-state index is 0.0660. The zero-order valence-corrected chi connectivity index (χ0v) is 15.2. The van der Waals surface area contributed by atoms with Crippen LogP contribution in [0.5, 0.6) is 0 Å². The number of aromatic nitrogens is 4. The van der Waals surface area contributed by atoms with Gasteiger partial charge in [0.2, 0.25) is 0 Å². The number of likely N-dealkylation sites (tertiary alicyclic amines) is 1. The number of hydrogen-bond donors (Lipinski definition) is 1. The number of nitrogens with zero attached hydrogens (tertiary/aromatic N) is 5. The number of methoxy groups -OCH3 is 1. The molecule has 1 atom stereocenters. The predicted molar refractivity (Wildman–Crippen MR) is 92.5 cm³/mol. The standard InChI is InChI=1S/C16H22N6O4/c1-16(2,3)26-15(24)21-6-5-9(7-21)22-13-10(12(17)18-8-19-13)11(20-22)14(23)25-4/h8-9H,5-7H2,1-4H3,(H2,17,18,19)/t9-/m0/s1. The van der Waals surface area contributed by atoms with Crippen molar-refractivity contribution in [1.29, 1.82) is 0 Å². The minimum Gasteiger partial charge on any atom is -0.464 e. The van der Waals surface area contributed by atoms with Crippen molar-refractivity contribution in [1.82, 2.24) is 24.6 Å². The number of amides is 1. The average Bonchev–Trinajstić information content (AvgIpc) is 3.17. The number of anilines is 1. The predicted octanol–water partition coefficient (Wildman–Crippen LogP) is 1.38. The Bertz CT molecular complexity index is 856. The van der Waals surface area contributed by atoms with Gasteiger partial charge >= 0.3 is 12.1 Å². The molecule has 0 aliphatic carbocycles. The van der Waals surface area contributed by atoms with Crippen LogP contribution in [0.1, 0.15) is 43.7 Å². The molecule has 0 unspecified atom stereocenters. The molecule has 0 radical (unpaired) electrons. The Labute approximate surface area is 150 Å². The topological polar surface area (TPSA) is 125 Å². The number of hydrogen-bond acceptors (Lipinski definition) is 8. The van der Waals surface area contributed by atoms with Crippen molar-refractivity contribution >= 4 is 28.9 Å². The molecule has 1 saturated heterocycles. The van der Waals surface area contributed by atoms with Gasteiger partial charge < -0.3 is 20.1 Å². The number of carbonyl (C=O) groups excluding carboxylic acids is 2. The van der Waals surface area contributed by atoms with Gasteiger partial charge in [-0.1, -0.05) is 0 Å². The van der Waals surface area contributed by atoms with Crippen LogP contribution in [0.2, 0.25) is 0 Å². The molecule has 2 aromatic rings. The van der Waals surface area contributed by atoms with Gasteiger partial charge in [0, 0.05) is 13.1 Å². The Kier molecular flexibility index (Phi) is 4.43. The molecule has 26 heavy (non-hydrogen) atoms. The normalized spacial score (nSPS) is 17.5. The summed E-state index contributed by atoms with van der Waals surface area (Å²) < 4.78 is 11.8. The first-order valence-electron chi connectivity index (χ1n) is 8.26. The lowest BCUT2D eigenvalue weighted by Crippen LogP contribution is -2.35. The van der Waals surface area contributed by atoms with E-state index in [2.05, 4.69) is 15.1 Å². The number of nitrogen functional groups attached to an aromatic ring is 1. The van der Waals surface area contributed by atoms with Gasteiger partial charge in [0.15, 0.2) is 11.3 Å². The van der Waals surface area contributed by atoms with Gasteiger partial charge in [-0.2, -0.15) is 5.10 Å². The molecule has 1 aliphatic heterocycles. The van der Waals surface area contributed by atoms with Crippen molar-refractivity contribution < 1.29 is 19.1 Å². The number of ether oxygens (including phenoxy) is 2. The fourth-order valence-corrected chi connectivity index (χ4v) is 2.92. The fraction of sp³-hybridized carbons (Fsp3) is 0.562. The summed E-state index contributed by atoms with van der Waals surface area (Å²) in [4.78, 5) is 34.1. The van der Waals surface area contributed by atoms with Crippen LogP contribution in [0.3, 0.4) is 0 Å². The van der Waals surface area contributed by atoms with E-state index >= 15 is 0 Å². The summed E-state index contributed by atoms with van der Waals surface area (Å²) in [5, 5.41) is 4.71. The van der Waals surface area contributed by atoms with E-state index in [4.69, 9.17) is 15.2 Å². The van der Waals surface area contributed by atoms with Gasteiger partial charge in [0.25, 0.3) is 0 Å². The number of nitrogens with two attached hydrogens (primary N) is 1. The van der Waals surface area contributed by atoms with Gasteiger partial charge in [-0.15, -0.1) is 0 Å². The molecule has 0 aromatic carbocycles. The summed E-state index contributed by atoms with van der Waals surface area (Å²) in [5.74, 6) is -0.458. The molecule has 1 amide bonds. The molecule has 10 nitrogen and oxygen atoms in total. The molecule has 1 aliphatic rings. The van der Waals surface area contributed by atoms with Crippen LogP contribution in [0.15, 0.2) is 6.33 Å². The maximum absolute atomic E-state index is 12.3. The highest BCUT2D eigenvalue weighted by Gasteiger charge is 2.33. The number of fused-ring (bicyclic) bond motifs is 1. The van der Waals surface area contributed by atoms with Crippen molar-refractivity contribution in [3.63, 3.8) is 0 Å². The maximum Gasteiger partial charge on any atom is 0.410 e. The van der Waals surface area contributed by atoms with E-state index in [1.54, 1.807) is 9.58 Å². The van der Waals surface area contributed by atoms with Gasteiger partial charge in [-0.05, 0) is 27.2 Å². The van der Waals surface area contributed by atoms with E-state index in [0.29, 0.717) is 30.5 Å². The second-order valence-corrected chi connectivity index (χ2v) is 7.11. The van der Waals surface area contributed by atoms with Crippen LogP contribution in [0, 0.1) is 0 Å². The van der Waals surface area contributed by atoms with Crippen LogP contribution in [-0.4, -0.2) is 62.5 Å². The number of rotatable bonds is 2. The summed E-state index contributed by atoms with van der Waals surface area (Å²) in [6.07, 6.45) is 1.59. The Morgan fingerprint density at radius 1 is 1.31 bits per heavy atom. The zero-order chi connectivity index (χ0) is 19.1. The van der Waals surface area contributed by atoms with E-state index < -0.39 is 11.6 Å². The fourth-order valence-electron chi connectivity index (χ4n) is 2.92.